The molecular formula is C13H17N. The summed E-state index contributed by atoms with van der Waals surface area (Å²) >= 11 is 0. The van der Waals surface area contributed by atoms with Gasteiger partial charge in [0.15, 0.2) is 0 Å². The molecule has 1 heteroatoms. The van der Waals surface area contributed by atoms with Gasteiger partial charge in [-0.1, -0.05) is 32.1 Å². The van der Waals surface area contributed by atoms with Gasteiger partial charge in [0.2, 0.25) is 0 Å². The number of hydrogen-bond acceptors (Lipinski definition) is 1. The number of aliphatic imine (C=N–C) groups is 1. The van der Waals surface area contributed by atoms with Crippen LogP contribution in [0.25, 0.3) is 0 Å². The molecule has 0 bridgehead atoms. The molecule has 0 aromatic heterocycles. The minimum Gasteiger partial charge on any atom is -0.258 e. The quantitative estimate of drug-likeness (QED) is 0.595. The lowest BCUT2D eigenvalue weighted by Gasteiger charge is -2.30. The van der Waals surface area contributed by atoms with Gasteiger partial charge in [-0.05, 0) is 30.9 Å². The fraction of sp³-hybridized carbons (Fsp3) is 0.462. The molecule has 0 saturated heterocycles. The van der Waals surface area contributed by atoms with Crippen molar-refractivity contribution < 1.29 is 0 Å². The van der Waals surface area contributed by atoms with Crippen molar-refractivity contribution in [3.05, 3.63) is 35.6 Å². The van der Waals surface area contributed by atoms with E-state index in [0.29, 0.717) is 11.8 Å². The summed E-state index contributed by atoms with van der Waals surface area (Å²) < 4.78 is 0. The van der Waals surface area contributed by atoms with E-state index in [4.69, 9.17) is 0 Å². The van der Waals surface area contributed by atoms with E-state index in [1.54, 1.807) is 0 Å². The lowest BCUT2D eigenvalue weighted by molar-refractivity contribution is 0.567. The van der Waals surface area contributed by atoms with Crippen LogP contribution in [0.1, 0.15) is 27.2 Å². The Hall–Kier alpha value is -1.11. The van der Waals surface area contributed by atoms with Crippen molar-refractivity contribution in [1.82, 2.24) is 0 Å². The molecule has 0 N–H and O–H groups in total. The number of nitrogens with zero attached hydrogens (tertiary/aromatic N) is 1. The summed E-state index contributed by atoms with van der Waals surface area (Å²) in [4.78, 5) is 4.67. The number of hydrogen-bond donors (Lipinski definition) is 0. The Morgan fingerprint density at radius 3 is 2.86 bits per heavy atom. The van der Waals surface area contributed by atoms with E-state index in [1.165, 1.54) is 17.0 Å². The molecule has 0 aromatic rings. The molecule has 0 saturated carbocycles. The van der Waals surface area contributed by atoms with Gasteiger partial charge in [0.05, 0.1) is 0 Å². The van der Waals surface area contributed by atoms with Gasteiger partial charge in [0, 0.05) is 17.3 Å². The largest absolute Gasteiger partial charge is 0.258 e. The molecule has 2 rings (SSSR count). The molecule has 1 aliphatic carbocycles. The minimum atomic E-state index is 0.513. The summed E-state index contributed by atoms with van der Waals surface area (Å²) in [6.45, 7) is 6.66. The average Bonchev–Trinajstić information content (AvgIpc) is 2.18. The Morgan fingerprint density at radius 1 is 1.36 bits per heavy atom. The van der Waals surface area contributed by atoms with E-state index in [2.05, 4.69) is 50.1 Å². The van der Waals surface area contributed by atoms with Crippen LogP contribution in [0.5, 0.6) is 0 Å². The standard InChI is InChI=1S/C13H17N/c1-4-11-9(2)12-7-5-6-8-13(12)14-10(11)3/h5-9,12H,4H2,1-3H3/t9?,12-/m1/s1. The first-order valence-corrected chi connectivity index (χ1v) is 5.37. The van der Waals surface area contributed by atoms with Gasteiger partial charge < -0.3 is 0 Å². The fourth-order valence-corrected chi connectivity index (χ4v) is 2.47. The molecule has 0 spiro atoms. The van der Waals surface area contributed by atoms with Crippen LogP contribution in [0.2, 0.25) is 0 Å². The van der Waals surface area contributed by atoms with Crippen LogP contribution >= 0.6 is 0 Å². The maximum absolute atomic E-state index is 4.67. The Labute approximate surface area is 85.9 Å². The predicted octanol–water partition coefficient (Wildman–Crippen LogP) is 3.50. The molecule has 74 valence electrons. The van der Waals surface area contributed by atoms with Gasteiger partial charge in [-0.25, -0.2) is 0 Å². The third kappa shape index (κ3) is 1.37. The molecule has 0 radical (unpaired) electrons. The van der Waals surface area contributed by atoms with Crippen molar-refractivity contribution in [2.75, 3.05) is 0 Å². The van der Waals surface area contributed by atoms with E-state index in [1.807, 2.05) is 0 Å². The molecule has 14 heavy (non-hydrogen) atoms. The highest BCUT2D eigenvalue weighted by Gasteiger charge is 2.27. The van der Waals surface area contributed by atoms with Crippen LogP contribution in [0.3, 0.4) is 0 Å². The van der Waals surface area contributed by atoms with E-state index in [-0.39, 0.29) is 0 Å². The minimum absolute atomic E-state index is 0.513. The van der Waals surface area contributed by atoms with E-state index in [9.17, 15) is 0 Å². The summed E-state index contributed by atoms with van der Waals surface area (Å²) in [6, 6.07) is 0. The van der Waals surface area contributed by atoms with Crippen molar-refractivity contribution in [2.24, 2.45) is 16.8 Å². The van der Waals surface area contributed by atoms with Crippen LogP contribution in [-0.4, -0.2) is 5.71 Å². The van der Waals surface area contributed by atoms with Crippen LogP contribution in [0, 0.1) is 11.8 Å². The molecule has 0 aromatic carbocycles. The third-order valence-electron chi connectivity index (χ3n) is 3.27. The first kappa shape index (κ1) is 9.45. The van der Waals surface area contributed by atoms with Crippen LogP contribution in [-0.2, 0) is 0 Å². The van der Waals surface area contributed by atoms with Crippen molar-refractivity contribution in [1.29, 1.82) is 0 Å². The van der Waals surface area contributed by atoms with Crippen LogP contribution in [0.15, 0.2) is 40.6 Å². The highest BCUT2D eigenvalue weighted by Crippen LogP contribution is 2.34. The number of fused-ring (bicyclic) bond motifs is 1. The lowest BCUT2D eigenvalue weighted by Crippen LogP contribution is -2.25. The third-order valence-corrected chi connectivity index (χ3v) is 3.27. The highest BCUT2D eigenvalue weighted by atomic mass is 14.8. The second-order valence-electron chi connectivity index (χ2n) is 4.06. The Morgan fingerprint density at radius 2 is 2.14 bits per heavy atom. The monoisotopic (exact) mass is 187 g/mol. The number of allylic oxidation sites excluding steroid dienone is 6. The normalized spacial score (nSPS) is 30.4. The van der Waals surface area contributed by atoms with Crippen LogP contribution in [0.4, 0.5) is 0 Å². The summed E-state index contributed by atoms with van der Waals surface area (Å²) in [5.41, 5.74) is 3.97. The van der Waals surface area contributed by atoms with Crippen molar-refractivity contribution in [2.45, 2.75) is 27.2 Å². The highest BCUT2D eigenvalue weighted by molar-refractivity contribution is 6.01. The summed E-state index contributed by atoms with van der Waals surface area (Å²) in [5, 5.41) is 0. The lowest BCUT2D eigenvalue weighted by atomic mass is 9.78. The number of rotatable bonds is 1. The van der Waals surface area contributed by atoms with Gasteiger partial charge in [-0.3, -0.25) is 4.99 Å². The molecule has 2 atom stereocenters. The van der Waals surface area contributed by atoms with Gasteiger partial charge in [-0.2, -0.15) is 0 Å². The zero-order chi connectivity index (χ0) is 10.1. The predicted molar refractivity (Wildman–Crippen MR) is 61.4 cm³/mol. The maximum Gasteiger partial charge on any atom is 0.0481 e. The Kier molecular flexibility index (Phi) is 2.40. The fourth-order valence-electron chi connectivity index (χ4n) is 2.47. The Balaban J connectivity index is 2.43. The Bertz CT molecular complexity index is 355. The molecule has 0 amide bonds. The maximum atomic E-state index is 4.67. The molecule has 2 aliphatic rings. The van der Waals surface area contributed by atoms with Crippen molar-refractivity contribution in [3.63, 3.8) is 0 Å². The first-order chi connectivity index (χ1) is 6.74. The van der Waals surface area contributed by atoms with Crippen LogP contribution < -0.4 is 0 Å². The topological polar surface area (TPSA) is 12.4 Å². The van der Waals surface area contributed by atoms with Gasteiger partial charge in [0.1, 0.15) is 0 Å². The molecule has 1 aliphatic heterocycles. The zero-order valence-electron chi connectivity index (χ0n) is 9.12. The average molecular weight is 187 g/mol. The van der Waals surface area contributed by atoms with Crippen molar-refractivity contribution >= 4 is 5.71 Å². The van der Waals surface area contributed by atoms with Crippen molar-refractivity contribution in [3.8, 4) is 0 Å². The van der Waals surface area contributed by atoms with E-state index in [0.717, 1.165) is 6.42 Å². The SMILES string of the molecule is CCC1=C(C)N=C2C=CC=C[C@@H]2C1C. The zero-order valence-corrected chi connectivity index (χ0v) is 9.12. The summed E-state index contributed by atoms with van der Waals surface area (Å²) in [6.07, 6.45) is 9.74. The molecule has 1 heterocycles. The first-order valence-electron chi connectivity index (χ1n) is 5.37. The molecule has 0 fully saturated rings. The second-order valence-corrected chi connectivity index (χ2v) is 4.06. The van der Waals surface area contributed by atoms with E-state index < -0.39 is 0 Å². The second kappa shape index (κ2) is 3.56. The molecular weight excluding hydrogens is 170 g/mol. The molecule has 1 nitrogen and oxygen atoms in total. The molecule has 1 unspecified atom stereocenters. The summed E-state index contributed by atoms with van der Waals surface area (Å²) in [5.74, 6) is 1.13. The smallest absolute Gasteiger partial charge is 0.0481 e. The van der Waals surface area contributed by atoms with Gasteiger partial charge in [0.25, 0.3) is 0 Å². The van der Waals surface area contributed by atoms with Gasteiger partial charge in [-0.15, -0.1) is 0 Å². The van der Waals surface area contributed by atoms with E-state index >= 15 is 0 Å². The van der Waals surface area contributed by atoms with Gasteiger partial charge >= 0.3 is 0 Å². The summed E-state index contributed by atoms with van der Waals surface area (Å²) in [7, 11) is 0.